The molecular formula is C16H24N3OW-. The largest absolute Gasteiger partial charge is 0.459 e. The summed E-state index contributed by atoms with van der Waals surface area (Å²) in [5.74, 6) is 0.749. The second-order valence-corrected chi connectivity index (χ2v) is 6.24. The van der Waals surface area contributed by atoms with Crippen LogP contribution in [-0.2, 0) is 27.5 Å². The van der Waals surface area contributed by atoms with Gasteiger partial charge in [-0.2, -0.15) is 0 Å². The molecule has 1 aromatic rings. The minimum absolute atomic E-state index is 0. The van der Waals surface area contributed by atoms with Crippen molar-refractivity contribution in [3.8, 4) is 6.01 Å². The molecule has 0 N–H and O–H groups in total. The van der Waals surface area contributed by atoms with Crippen LogP contribution in [0.4, 0.5) is 0 Å². The molecule has 4 nitrogen and oxygen atoms in total. The number of ether oxygens (including phenoxy) is 1. The van der Waals surface area contributed by atoms with Gasteiger partial charge in [-0.3, -0.25) is 0 Å². The average Bonchev–Trinajstić information content (AvgIpc) is 2.50. The molecule has 2 aliphatic rings. The third-order valence-corrected chi connectivity index (χ3v) is 4.58. The van der Waals surface area contributed by atoms with Crippen molar-refractivity contribution in [3.63, 3.8) is 0 Å². The Morgan fingerprint density at radius 1 is 0.952 bits per heavy atom. The minimum atomic E-state index is 0. The second-order valence-electron chi connectivity index (χ2n) is 6.24. The molecule has 0 atom stereocenters. The summed E-state index contributed by atoms with van der Waals surface area (Å²) < 4.78 is 5.88. The van der Waals surface area contributed by atoms with Crippen molar-refractivity contribution in [2.75, 3.05) is 0 Å². The molecule has 0 aromatic carbocycles. The quantitative estimate of drug-likeness (QED) is 0.649. The predicted molar refractivity (Wildman–Crippen MR) is 76.4 cm³/mol. The molecule has 1 heterocycles. The zero-order chi connectivity index (χ0) is 13.6. The molecule has 0 saturated heterocycles. The third-order valence-electron chi connectivity index (χ3n) is 4.58. The SMILES string of the molecule is [W].[c-]1nnc(OC2CCCCC2)nc1CC1CCCCC1. The number of rotatable bonds is 4. The smallest absolute Gasteiger partial charge is 0.330 e. The van der Waals surface area contributed by atoms with Gasteiger partial charge in [-0.1, -0.05) is 38.5 Å². The fourth-order valence-corrected chi connectivity index (χ4v) is 3.43. The zero-order valence-corrected chi connectivity index (χ0v) is 15.5. The van der Waals surface area contributed by atoms with E-state index in [-0.39, 0.29) is 27.2 Å². The van der Waals surface area contributed by atoms with E-state index in [9.17, 15) is 0 Å². The maximum absolute atomic E-state index is 5.88. The molecular weight excluding hydrogens is 434 g/mol. The van der Waals surface area contributed by atoms with Gasteiger partial charge < -0.3 is 16.0 Å². The first kappa shape index (κ1) is 16.9. The molecule has 1 aromatic heterocycles. The fourth-order valence-electron chi connectivity index (χ4n) is 3.43. The van der Waals surface area contributed by atoms with E-state index in [1.165, 1.54) is 51.4 Å². The average molecular weight is 458 g/mol. The van der Waals surface area contributed by atoms with E-state index in [2.05, 4.69) is 21.4 Å². The summed E-state index contributed by atoms with van der Waals surface area (Å²) in [6.07, 6.45) is 17.0. The summed E-state index contributed by atoms with van der Waals surface area (Å²) in [6, 6.07) is 0.460. The molecule has 0 amide bonds. The molecule has 2 saturated carbocycles. The van der Waals surface area contributed by atoms with Gasteiger partial charge in [0, 0.05) is 21.1 Å². The van der Waals surface area contributed by atoms with Gasteiger partial charge in [-0.05, 0) is 38.0 Å². The van der Waals surface area contributed by atoms with Crippen LogP contribution in [0.15, 0.2) is 0 Å². The molecule has 0 unspecified atom stereocenters. The minimum Gasteiger partial charge on any atom is -0.459 e. The molecule has 5 heteroatoms. The van der Waals surface area contributed by atoms with Crippen molar-refractivity contribution < 1.29 is 25.8 Å². The van der Waals surface area contributed by atoms with Crippen LogP contribution in [0.2, 0.25) is 0 Å². The van der Waals surface area contributed by atoms with Crippen LogP contribution >= 0.6 is 0 Å². The molecule has 0 bridgehead atoms. The third kappa shape index (κ3) is 5.32. The van der Waals surface area contributed by atoms with Crippen LogP contribution in [-0.4, -0.2) is 21.3 Å². The normalized spacial score (nSPS) is 20.8. The van der Waals surface area contributed by atoms with E-state index in [1.54, 1.807) is 0 Å². The number of aromatic nitrogens is 3. The van der Waals surface area contributed by atoms with Gasteiger partial charge in [0.1, 0.15) is 6.10 Å². The van der Waals surface area contributed by atoms with Crippen molar-refractivity contribution in [2.45, 2.75) is 76.7 Å². The first-order valence-corrected chi connectivity index (χ1v) is 8.18. The van der Waals surface area contributed by atoms with E-state index < -0.39 is 0 Å². The van der Waals surface area contributed by atoms with Gasteiger partial charge in [0.15, 0.2) is 0 Å². The summed E-state index contributed by atoms with van der Waals surface area (Å²) in [5.41, 5.74) is 0.928. The first-order chi connectivity index (χ1) is 9.90. The van der Waals surface area contributed by atoms with Crippen molar-refractivity contribution in [2.24, 2.45) is 5.92 Å². The summed E-state index contributed by atoms with van der Waals surface area (Å²) >= 11 is 0. The standard InChI is InChI=1S/C16H24N3O.W/c1-3-7-13(8-4-1)11-14-12-17-19-16(18-14)20-15-9-5-2-6-10-15;/h13,15H,1-11H2;/q-1;. The van der Waals surface area contributed by atoms with Gasteiger partial charge in [-0.25, -0.2) is 4.98 Å². The Labute approximate surface area is 141 Å². The first-order valence-electron chi connectivity index (χ1n) is 8.18. The molecule has 2 fully saturated rings. The van der Waals surface area contributed by atoms with E-state index in [0.717, 1.165) is 30.9 Å². The van der Waals surface area contributed by atoms with E-state index >= 15 is 0 Å². The summed E-state index contributed by atoms with van der Waals surface area (Å²) in [6.45, 7) is 0. The molecule has 116 valence electrons. The Morgan fingerprint density at radius 2 is 1.62 bits per heavy atom. The number of hydrogen-bond donors (Lipinski definition) is 0. The molecule has 3 rings (SSSR count). The topological polar surface area (TPSA) is 47.9 Å². The van der Waals surface area contributed by atoms with Crippen molar-refractivity contribution >= 4 is 0 Å². The molecule has 21 heavy (non-hydrogen) atoms. The van der Waals surface area contributed by atoms with Crippen LogP contribution in [0, 0.1) is 12.1 Å². The van der Waals surface area contributed by atoms with Crippen LogP contribution in [0.25, 0.3) is 0 Å². The van der Waals surface area contributed by atoms with Gasteiger partial charge in [-0.15, -0.1) is 10.8 Å². The molecule has 2 aliphatic carbocycles. The zero-order valence-electron chi connectivity index (χ0n) is 12.6. The monoisotopic (exact) mass is 458 g/mol. The van der Waals surface area contributed by atoms with Crippen LogP contribution < -0.4 is 4.74 Å². The second kappa shape index (κ2) is 8.82. The molecule has 0 aliphatic heterocycles. The van der Waals surface area contributed by atoms with Crippen LogP contribution in [0.5, 0.6) is 6.01 Å². The van der Waals surface area contributed by atoms with Gasteiger partial charge in [0.05, 0.1) is 0 Å². The maximum atomic E-state index is 5.88. The summed E-state index contributed by atoms with van der Waals surface area (Å²) in [4.78, 5) is 4.51. The van der Waals surface area contributed by atoms with Crippen LogP contribution in [0.1, 0.15) is 69.9 Å². The Bertz CT molecular complexity index is 382. The Balaban J connectivity index is 0.00000161. The Hall–Kier alpha value is -0.502. The van der Waals surface area contributed by atoms with Crippen molar-refractivity contribution in [1.29, 1.82) is 0 Å². The van der Waals surface area contributed by atoms with E-state index in [0.29, 0.717) is 6.01 Å². The summed E-state index contributed by atoms with van der Waals surface area (Å²) in [5, 5.41) is 7.94. The van der Waals surface area contributed by atoms with Crippen molar-refractivity contribution in [1.82, 2.24) is 15.2 Å². The van der Waals surface area contributed by atoms with E-state index in [4.69, 9.17) is 4.74 Å². The van der Waals surface area contributed by atoms with Gasteiger partial charge >= 0.3 is 6.01 Å². The number of nitrogens with zero attached hydrogens (tertiary/aromatic N) is 3. The summed E-state index contributed by atoms with van der Waals surface area (Å²) in [7, 11) is 0. The molecule has 0 spiro atoms. The van der Waals surface area contributed by atoms with Crippen LogP contribution in [0.3, 0.4) is 0 Å². The molecule has 0 radical (unpaired) electrons. The van der Waals surface area contributed by atoms with E-state index in [1.807, 2.05) is 0 Å². The number of hydrogen-bond acceptors (Lipinski definition) is 4. The van der Waals surface area contributed by atoms with Gasteiger partial charge in [0.25, 0.3) is 0 Å². The van der Waals surface area contributed by atoms with Crippen molar-refractivity contribution in [3.05, 3.63) is 11.9 Å². The van der Waals surface area contributed by atoms with Gasteiger partial charge in [0.2, 0.25) is 0 Å². The predicted octanol–water partition coefficient (Wildman–Crippen LogP) is 3.50. The Kier molecular flexibility index (Phi) is 7.08. The fraction of sp³-hybridized carbons (Fsp3) is 0.812. The maximum Gasteiger partial charge on any atom is 0.330 e. The Morgan fingerprint density at radius 3 is 2.33 bits per heavy atom.